The SMILES string of the molecule is CC(N)CC(=O)NCC1CCCN1Cc1ccccc1.Cl.Cl. The van der Waals surface area contributed by atoms with Crippen molar-refractivity contribution in [3.63, 3.8) is 0 Å². The molecule has 0 radical (unpaired) electrons. The number of hydrogen-bond acceptors (Lipinski definition) is 3. The Bertz CT molecular complexity index is 429. The van der Waals surface area contributed by atoms with Crippen molar-refractivity contribution in [1.29, 1.82) is 0 Å². The first-order chi connectivity index (χ1) is 9.65. The number of amides is 1. The third kappa shape index (κ3) is 6.97. The fourth-order valence-corrected chi connectivity index (χ4v) is 2.75. The van der Waals surface area contributed by atoms with Crippen molar-refractivity contribution in [2.75, 3.05) is 13.1 Å². The number of rotatable bonds is 6. The van der Waals surface area contributed by atoms with Gasteiger partial charge in [-0.05, 0) is 31.9 Å². The maximum atomic E-state index is 11.7. The second-order valence-electron chi connectivity index (χ2n) is 5.74. The van der Waals surface area contributed by atoms with E-state index in [1.807, 2.05) is 13.0 Å². The lowest BCUT2D eigenvalue weighted by Gasteiger charge is -2.25. The predicted octanol–water partition coefficient (Wildman–Crippen LogP) is 2.35. The number of nitrogens with one attached hydrogen (secondary N) is 1. The van der Waals surface area contributed by atoms with Crippen LogP contribution in [0.25, 0.3) is 0 Å². The molecule has 4 nitrogen and oxygen atoms in total. The number of nitrogens with zero attached hydrogens (tertiary/aromatic N) is 1. The summed E-state index contributed by atoms with van der Waals surface area (Å²) >= 11 is 0. The Morgan fingerprint density at radius 2 is 2.05 bits per heavy atom. The summed E-state index contributed by atoms with van der Waals surface area (Å²) in [6.07, 6.45) is 2.78. The number of carbonyl (C=O) groups is 1. The normalized spacial score (nSPS) is 18.9. The molecule has 1 amide bonds. The summed E-state index contributed by atoms with van der Waals surface area (Å²) in [5.41, 5.74) is 6.97. The van der Waals surface area contributed by atoms with Crippen LogP contribution in [-0.2, 0) is 11.3 Å². The van der Waals surface area contributed by atoms with Crippen molar-refractivity contribution in [3.8, 4) is 0 Å². The van der Waals surface area contributed by atoms with Gasteiger partial charge in [-0.25, -0.2) is 0 Å². The molecule has 1 saturated heterocycles. The third-order valence-corrected chi connectivity index (χ3v) is 3.77. The zero-order chi connectivity index (χ0) is 14.4. The molecular formula is C16H27Cl2N3O. The van der Waals surface area contributed by atoms with Crippen LogP contribution in [0.3, 0.4) is 0 Å². The molecule has 2 atom stereocenters. The van der Waals surface area contributed by atoms with Gasteiger partial charge in [-0.15, -0.1) is 24.8 Å². The van der Waals surface area contributed by atoms with Crippen LogP contribution in [0.15, 0.2) is 30.3 Å². The molecule has 2 unspecified atom stereocenters. The molecule has 0 aromatic heterocycles. The van der Waals surface area contributed by atoms with Gasteiger partial charge in [0.05, 0.1) is 0 Å². The molecule has 0 aliphatic carbocycles. The topological polar surface area (TPSA) is 58.4 Å². The number of nitrogens with two attached hydrogens (primary N) is 1. The van der Waals surface area contributed by atoms with Crippen LogP contribution in [0.4, 0.5) is 0 Å². The average Bonchev–Trinajstić information content (AvgIpc) is 2.84. The molecule has 6 heteroatoms. The Labute approximate surface area is 145 Å². The van der Waals surface area contributed by atoms with Gasteiger partial charge in [0.15, 0.2) is 0 Å². The van der Waals surface area contributed by atoms with E-state index in [2.05, 4.69) is 34.5 Å². The minimum Gasteiger partial charge on any atom is -0.354 e. The molecule has 1 aromatic carbocycles. The van der Waals surface area contributed by atoms with Gasteiger partial charge in [0.1, 0.15) is 0 Å². The smallest absolute Gasteiger partial charge is 0.221 e. The first-order valence-corrected chi connectivity index (χ1v) is 7.45. The van der Waals surface area contributed by atoms with E-state index in [1.165, 1.54) is 12.0 Å². The van der Waals surface area contributed by atoms with Gasteiger partial charge >= 0.3 is 0 Å². The van der Waals surface area contributed by atoms with Crippen molar-refractivity contribution in [2.45, 2.75) is 44.8 Å². The first-order valence-electron chi connectivity index (χ1n) is 7.45. The molecule has 1 aliphatic heterocycles. The minimum atomic E-state index is -0.0704. The molecule has 1 heterocycles. The van der Waals surface area contributed by atoms with Gasteiger partial charge in [-0.2, -0.15) is 0 Å². The van der Waals surface area contributed by atoms with E-state index in [0.29, 0.717) is 12.5 Å². The highest BCUT2D eigenvalue weighted by molar-refractivity contribution is 5.85. The summed E-state index contributed by atoms with van der Waals surface area (Å²) in [5.74, 6) is 0.0616. The quantitative estimate of drug-likeness (QED) is 0.830. The predicted molar refractivity (Wildman–Crippen MR) is 95.6 cm³/mol. The molecule has 3 N–H and O–H groups in total. The number of hydrogen-bond donors (Lipinski definition) is 2. The van der Waals surface area contributed by atoms with E-state index in [0.717, 1.165) is 26.1 Å². The lowest BCUT2D eigenvalue weighted by atomic mass is 10.1. The van der Waals surface area contributed by atoms with Gasteiger partial charge in [0.25, 0.3) is 0 Å². The Kier molecular flexibility index (Phi) is 10.4. The second-order valence-corrected chi connectivity index (χ2v) is 5.74. The fourth-order valence-electron chi connectivity index (χ4n) is 2.75. The van der Waals surface area contributed by atoms with Crippen molar-refractivity contribution in [1.82, 2.24) is 10.2 Å². The van der Waals surface area contributed by atoms with Gasteiger partial charge in [0, 0.05) is 31.6 Å². The van der Waals surface area contributed by atoms with Gasteiger partial charge in [-0.3, -0.25) is 9.69 Å². The highest BCUT2D eigenvalue weighted by Crippen LogP contribution is 2.19. The average molecular weight is 348 g/mol. The van der Waals surface area contributed by atoms with E-state index in [4.69, 9.17) is 5.73 Å². The molecule has 0 bridgehead atoms. The van der Waals surface area contributed by atoms with E-state index in [-0.39, 0.29) is 36.8 Å². The van der Waals surface area contributed by atoms with Crippen LogP contribution in [0.1, 0.15) is 31.7 Å². The zero-order valence-electron chi connectivity index (χ0n) is 13.0. The largest absolute Gasteiger partial charge is 0.354 e. The van der Waals surface area contributed by atoms with Crippen LogP contribution in [-0.4, -0.2) is 36.0 Å². The molecule has 22 heavy (non-hydrogen) atoms. The lowest BCUT2D eigenvalue weighted by molar-refractivity contribution is -0.121. The Morgan fingerprint density at radius 1 is 1.36 bits per heavy atom. The summed E-state index contributed by atoms with van der Waals surface area (Å²) < 4.78 is 0. The zero-order valence-corrected chi connectivity index (χ0v) is 14.7. The molecule has 1 aliphatic rings. The third-order valence-electron chi connectivity index (χ3n) is 3.77. The highest BCUT2D eigenvalue weighted by Gasteiger charge is 2.24. The fraction of sp³-hybridized carbons (Fsp3) is 0.562. The Morgan fingerprint density at radius 3 is 2.68 bits per heavy atom. The van der Waals surface area contributed by atoms with E-state index in [1.54, 1.807) is 0 Å². The summed E-state index contributed by atoms with van der Waals surface area (Å²) in [5, 5.41) is 3.01. The molecule has 2 rings (SSSR count). The molecule has 1 fully saturated rings. The van der Waals surface area contributed by atoms with Crippen molar-refractivity contribution < 1.29 is 4.79 Å². The highest BCUT2D eigenvalue weighted by atomic mass is 35.5. The monoisotopic (exact) mass is 347 g/mol. The van der Waals surface area contributed by atoms with Crippen molar-refractivity contribution >= 4 is 30.7 Å². The minimum absolute atomic E-state index is 0. The van der Waals surface area contributed by atoms with E-state index < -0.39 is 0 Å². The van der Waals surface area contributed by atoms with Gasteiger partial charge in [-0.1, -0.05) is 30.3 Å². The van der Waals surface area contributed by atoms with Crippen LogP contribution >= 0.6 is 24.8 Å². The summed E-state index contributed by atoms with van der Waals surface area (Å²) in [6.45, 7) is 4.67. The second kappa shape index (κ2) is 10.8. The number of carbonyl (C=O) groups excluding carboxylic acids is 1. The summed E-state index contributed by atoms with van der Waals surface area (Å²) in [7, 11) is 0. The van der Waals surface area contributed by atoms with Gasteiger partial charge < -0.3 is 11.1 Å². The number of halogens is 2. The lowest BCUT2D eigenvalue weighted by Crippen LogP contribution is -2.41. The standard InChI is InChI=1S/C16H25N3O.2ClH/c1-13(17)10-16(20)18-11-15-8-5-9-19(15)12-14-6-3-2-4-7-14;;/h2-4,6-7,13,15H,5,8-12,17H2,1H3,(H,18,20);2*1H. The van der Waals surface area contributed by atoms with Crippen molar-refractivity contribution in [3.05, 3.63) is 35.9 Å². The number of likely N-dealkylation sites (tertiary alicyclic amines) is 1. The van der Waals surface area contributed by atoms with Crippen LogP contribution in [0, 0.1) is 0 Å². The van der Waals surface area contributed by atoms with Crippen LogP contribution in [0.2, 0.25) is 0 Å². The molecular weight excluding hydrogens is 321 g/mol. The van der Waals surface area contributed by atoms with E-state index in [9.17, 15) is 4.79 Å². The summed E-state index contributed by atoms with van der Waals surface area (Å²) in [6, 6.07) is 10.9. The maximum Gasteiger partial charge on any atom is 0.221 e. The molecule has 0 spiro atoms. The molecule has 0 saturated carbocycles. The van der Waals surface area contributed by atoms with Gasteiger partial charge in [0.2, 0.25) is 5.91 Å². The Hall–Kier alpha value is -0.810. The van der Waals surface area contributed by atoms with Crippen molar-refractivity contribution in [2.24, 2.45) is 5.73 Å². The summed E-state index contributed by atoms with van der Waals surface area (Å²) in [4.78, 5) is 14.1. The first kappa shape index (κ1) is 21.2. The number of benzene rings is 1. The van der Waals surface area contributed by atoms with E-state index >= 15 is 0 Å². The van der Waals surface area contributed by atoms with Crippen LogP contribution < -0.4 is 11.1 Å². The maximum absolute atomic E-state index is 11.7. The molecule has 1 aromatic rings. The van der Waals surface area contributed by atoms with Crippen LogP contribution in [0.5, 0.6) is 0 Å². The molecule has 126 valence electrons. The Balaban J connectivity index is 0.00000220.